The van der Waals surface area contributed by atoms with Crippen LogP contribution in [0.5, 0.6) is 0 Å². The van der Waals surface area contributed by atoms with Crippen molar-refractivity contribution in [3.05, 3.63) is 35.8 Å². The quantitative estimate of drug-likeness (QED) is 0.572. The lowest BCUT2D eigenvalue weighted by atomic mass is 10.1. The predicted molar refractivity (Wildman–Crippen MR) is 46.6 cm³/mol. The first-order valence-corrected chi connectivity index (χ1v) is 3.76. The van der Waals surface area contributed by atoms with E-state index in [9.17, 15) is 4.79 Å². The molecule has 12 heavy (non-hydrogen) atoms. The van der Waals surface area contributed by atoms with E-state index in [1.807, 2.05) is 18.2 Å². The number of nitrogens with one attached hydrogen (secondary N) is 1. The Bertz CT molecular complexity index is 334. The van der Waals surface area contributed by atoms with Crippen LogP contribution in [0.25, 0.3) is 0 Å². The highest BCUT2D eigenvalue weighted by Crippen LogP contribution is 2.15. The molecule has 3 heteroatoms. The van der Waals surface area contributed by atoms with Crippen LogP contribution in [0.1, 0.15) is 6.42 Å². The summed E-state index contributed by atoms with van der Waals surface area (Å²) in [6, 6.07) is 0. The molecule has 2 aliphatic heterocycles. The van der Waals surface area contributed by atoms with Crippen LogP contribution < -0.4 is 5.32 Å². The first kappa shape index (κ1) is 7.03. The molecule has 2 aliphatic rings. The molecule has 0 aliphatic carbocycles. The van der Waals surface area contributed by atoms with Crippen molar-refractivity contribution in [2.45, 2.75) is 6.42 Å². The van der Waals surface area contributed by atoms with Crippen molar-refractivity contribution in [1.29, 1.82) is 0 Å². The van der Waals surface area contributed by atoms with Gasteiger partial charge in [0.2, 0.25) is 0 Å². The molecule has 60 valence electrons. The Hall–Kier alpha value is -1.64. The number of carbonyl (C=O) groups excluding carboxylic acids is 1. The monoisotopic (exact) mass is 160 g/mol. The normalized spacial score (nSPS) is 20.5. The molecule has 0 fully saturated rings. The topological polar surface area (TPSA) is 41.5 Å². The van der Waals surface area contributed by atoms with Crippen LogP contribution in [0.2, 0.25) is 0 Å². The van der Waals surface area contributed by atoms with Crippen LogP contribution in [0.3, 0.4) is 0 Å². The van der Waals surface area contributed by atoms with E-state index in [-0.39, 0.29) is 5.78 Å². The molecule has 0 unspecified atom stereocenters. The molecular weight excluding hydrogens is 152 g/mol. The molecule has 0 spiro atoms. The molecule has 0 saturated heterocycles. The summed E-state index contributed by atoms with van der Waals surface area (Å²) >= 11 is 0. The van der Waals surface area contributed by atoms with Gasteiger partial charge in [-0.3, -0.25) is 4.79 Å². The minimum Gasteiger partial charge on any atom is -0.346 e. The van der Waals surface area contributed by atoms with Crippen molar-refractivity contribution in [2.75, 3.05) is 0 Å². The Labute approximate surface area is 70.2 Å². The second-order valence-electron chi connectivity index (χ2n) is 2.64. The first-order valence-electron chi connectivity index (χ1n) is 3.76. The molecule has 0 aromatic heterocycles. The van der Waals surface area contributed by atoms with Gasteiger partial charge >= 0.3 is 0 Å². The van der Waals surface area contributed by atoms with Gasteiger partial charge in [-0.1, -0.05) is 12.2 Å². The zero-order valence-electron chi connectivity index (χ0n) is 6.45. The molecule has 0 amide bonds. The summed E-state index contributed by atoms with van der Waals surface area (Å²) in [6.07, 6.45) is 9.27. The SMILES string of the molecule is O=C1C=NC2=C(C=CC=CN2)C1. The molecule has 0 aromatic carbocycles. The summed E-state index contributed by atoms with van der Waals surface area (Å²) in [5.41, 5.74) is 0.951. The van der Waals surface area contributed by atoms with Crippen LogP contribution in [0, 0.1) is 0 Å². The van der Waals surface area contributed by atoms with Crippen LogP contribution in [-0.4, -0.2) is 12.0 Å². The molecule has 0 atom stereocenters. The fourth-order valence-corrected chi connectivity index (χ4v) is 1.16. The highest BCUT2D eigenvalue weighted by Gasteiger charge is 2.12. The van der Waals surface area contributed by atoms with Gasteiger partial charge in [-0.15, -0.1) is 0 Å². The van der Waals surface area contributed by atoms with Crippen LogP contribution in [0.15, 0.2) is 40.8 Å². The second-order valence-corrected chi connectivity index (χ2v) is 2.64. The maximum Gasteiger partial charge on any atom is 0.178 e. The zero-order valence-corrected chi connectivity index (χ0v) is 6.45. The van der Waals surface area contributed by atoms with E-state index in [0.29, 0.717) is 6.42 Å². The van der Waals surface area contributed by atoms with Crippen molar-refractivity contribution in [1.82, 2.24) is 5.32 Å². The standard InChI is InChI=1S/C9H8N2O/c12-8-5-7-3-1-2-4-10-9(7)11-6-8/h1-4,6,10H,5H2. The van der Waals surface area contributed by atoms with E-state index < -0.39 is 0 Å². The number of ketones is 1. The van der Waals surface area contributed by atoms with Crippen molar-refractivity contribution in [3.8, 4) is 0 Å². The number of hydrogen-bond acceptors (Lipinski definition) is 3. The fourth-order valence-electron chi connectivity index (χ4n) is 1.16. The maximum absolute atomic E-state index is 11.0. The number of nitrogens with zero attached hydrogens (tertiary/aromatic N) is 1. The van der Waals surface area contributed by atoms with Crippen molar-refractivity contribution < 1.29 is 4.79 Å². The molecule has 2 rings (SSSR count). The van der Waals surface area contributed by atoms with Gasteiger partial charge in [0, 0.05) is 18.2 Å². The lowest BCUT2D eigenvalue weighted by molar-refractivity contribution is -0.112. The zero-order chi connectivity index (χ0) is 8.39. The molecule has 0 aromatic rings. The van der Waals surface area contributed by atoms with E-state index >= 15 is 0 Å². The minimum absolute atomic E-state index is 0.0575. The highest BCUT2D eigenvalue weighted by molar-refractivity contribution is 6.29. The third kappa shape index (κ3) is 1.21. The summed E-state index contributed by atoms with van der Waals surface area (Å²) in [5, 5.41) is 2.99. The van der Waals surface area contributed by atoms with Gasteiger partial charge in [0.1, 0.15) is 5.82 Å². The predicted octanol–water partition coefficient (Wildman–Crippen LogP) is 0.915. The molecule has 0 bridgehead atoms. The van der Waals surface area contributed by atoms with Crippen LogP contribution in [0.4, 0.5) is 0 Å². The van der Waals surface area contributed by atoms with Gasteiger partial charge in [0.05, 0.1) is 6.21 Å². The van der Waals surface area contributed by atoms with Crippen LogP contribution >= 0.6 is 0 Å². The number of aliphatic imine (C=N–C) groups is 1. The lowest BCUT2D eigenvalue weighted by Gasteiger charge is -2.09. The number of Topliss-reactive ketones (excluding diaryl/α,β-unsaturated/α-hetero) is 1. The third-order valence-electron chi connectivity index (χ3n) is 1.73. The Morgan fingerprint density at radius 1 is 1.42 bits per heavy atom. The Balaban J connectivity index is 2.36. The molecule has 0 saturated carbocycles. The van der Waals surface area contributed by atoms with E-state index in [4.69, 9.17) is 0 Å². The summed E-state index contributed by atoms with van der Waals surface area (Å²) in [6.45, 7) is 0. The number of allylic oxidation sites excluding steroid dienone is 4. The van der Waals surface area contributed by atoms with Crippen molar-refractivity contribution >= 4 is 12.0 Å². The average Bonchev–Trinajstić information content (AvgIpc) is 2.28. The smallest absolute Gasteiger partial charge is 0.178 e. The van der Waals surface area contributed by atoms with Gasteiger partial charge in [0.25, 0.3) is 0 Å². The van der Waals surface area contributed by atoms with E-state index in [1.54, 1.807) is 6.20 Å². The van der Waals surface area contributed by atoms with Crippen LogP contribution in [-0.2, 0) is 4.79 Å². The van der Waals surface area contributed by atoms with E-state index in [0.717, 1.165) is 11.4 Å². The number of rotatable bonds is 0. The van der Waals surface area contributed by atoms with Gasteiger partial charge in [0.15, 0.2) is 5.78 Å². The van der Waals surface area contributed by atoms with Gasteiger partial charge in [-0.2, -0.15) is 0 Å². The minimum atomic E-state index is 0.0575. The largest absolute Gasteiger partial charge is 0.346 e. The Morgan fingerprint density at radius 3 is 3.25 bits per heavy atom. The second kappa shape index (κ2) is 2.77. The average molecular weight is 160 g/mol. The maximum atomic E-state index is 11.0. The highest BCUT2D eigenvalue weighted by atomic mass is 16.1. The molecule has 0 radical (unpaired) electrons. The Morgan fingerprint density at radius 2 is 2.33 bits per heavy atom. The number of hydrogen-bond donors (Lipinski definition) is 1. The van der Waals surface area contributed by atoms with Crippen molar-refractivity contribution in [3.63, 3.8) is 0 Å². The summed E-state index contributed by atoms with van der Waals surface area (Å²) in [7, 11) is 0. The lowest BCUT2D eigenvalue weighted by Crippen LogP contribution is -2.14. The molecule has 3 nitrogen and oxygen atoms in total. The van der Waals surface area contributed by atoms with Gasteiger partial charge in [-0.25, -0.2) is 4.99 Å². The first-order chi connectivity index (χ1) is 5.86. The van der Waals surface area contributed by atoms with E-state index in [1.165, 1.54) is 6.21 Å². The van der Waals surface area contributed by atoms with Gasteiger partial charge < -0.3 is 5.32 Å². The molecular formula is C9H8N2O. The van der Waals surface area contributed by atoms with Crippen molar-refractivity contribution in [2.24, 2.45) is 4.99 Å². The fraction of sp³-hybridized carbons (Fsp3) is 0.111. The van der Waals surface area contributed by atoms with Gasteiger partial charge in [-0.05, 0) is 6.08 Å². The van der Waals surface area contributed by atoms with E-state index in [2.05, 4.69) is 10.3 Å². The molecule has 2 heterocycles. The number of carbonyl (C=O) groups is 1. The summed E-state index contributed by atoms with van der Waals surface area (Å²) in [4.78, 5) is 14.9. The third-order valence-corrected chi connectivity index (χ3v) is 1.73. The molecule has 1 N–H and O–H groups in total. The summed E-state index contributed by atoms with van der Waals surface area (Å²) < 4.78 is 0. The summed E-state index contributed by atoms with van der Waals surface area (Å²) in [5.74, 6) is 0.835. The Kier molecular flexibility index (Phi) is 1.63.